The third-order valence-electron chi connectivity index (χ3n) is 4.58. The van der Waals surface area contributed by atoms with Crippen LogP contribution in [0.15, 0.2) is 24.3 Å². The van der Waals surface area contributed by atoms with Crippen LogP contribution in [0.25, 0.3) is 0 Å². The molecule has 25 heavy (non-hydrogen) atoms. The number of hydrogen-bond acceptors (Lipinski definition) is 5. The minimum atomic E-state index is -1.85. The molecule has 142 valence electrons. The summed E-state index contributed by atoms with van der Waals surface area (Å²) in [7, 11) is -0.210. The molecule has 0 saturated carbocycles. The van der Waals surface area contributed by atoms with Crippen LogP contribution in [-0.4, -0.2) is 41.7 Å². The van der Waals surface area contributed by atoms with Crippen molar-refractivity contribution in [3.63, 3.8) is 0 Å². The number of carbonyl (C=O) groups excluding carboxylic acids is 1. The number of aldehydes is 1. The highest BCUT2D eigenvalue weighted by atomic mass is 28.4. The van der Waals surface area contributed by atoms with E-state index in [1.165, 1.54) is 0 Å². The van der Waals surface area contributed by atoms with Crippen LogP contribution in [-0.2, 0) is 25.3 Å². The third-order valence-corrected chi connectivity index (χ3v) is 9.08. The molecule has 1 atom stereocenters. The standard InChI is InChI=1S/C19H32O5Si/c1-19(2,3)25(5,6)24-14-17(11-20)13-23-15-22-12-16-7-9-18(21-4)10-8-16/h7-11,17H,12-15H2,1-6H3/t17-/m1/s1. The zero-order valence-corrected chi connectivity index (χ0v) is 17.3. The quantitative estimate of drug-likeness (QED) is 0.255. The molecule has 0 heterocycles. The van der Waals surface area contributed by atoms with Crippen molar-refractivity contribution in [2.24, 2.45) is 5.92 Å². The van der Waals surface area contributed by atoms with Gasteiger partial charge in [0, 0.05) is 6.61 Å². The molecule has 0 amide bonds. The average molecular weight is 369 g/mol. The molecule has 0 fully saturated rings. The van der Waals surface area contributed by atoms with E-state index in [1.807, 2.05) is 24.3 Å². The van der Waals surface area contributed by atoms with Gasteiger partial charge in [-0.2, -0.15) is 0 Å². The molecule has 0 spiro atoms. The van der Waals surface area contributed by atoms with Gasteiger partial charge in [0.25, 0.3) is 0 Å². The molecule has 0 unspecified atom stereocenters. The molecule has 0 saturated heterocycles. The summed E-state index contributed by atoms with van der Waals surface area (Å²) in [6.07, 6.45) is 0.899. The molecule has 0 aliphatic heterocycles. The minimum Gasteiger partial charge on any atom is -0.497 e. The largest absolute Gasteiger partial charge is 0.497 e. The lowest BCUT2D eigenvalue weighted by atomic mass is 10.2. The third kappa shape index (κ3) is 7.69. The molecule has 0 bridgehead atoms. The summed E-state index contributed by atoms with van der Waals surface area (Å²) in [5.41, 5.74) is 1.04. The Kier molecular flexibility index (Phi) is 8.79. The first-order chi connectivity index (χ1) is 11.7. The maximum absolute atomic E-state index is 11.2. The highest BCUT2D eigenvalue weighted by Crippen LogP contribution is 2.36. The van der Waals surface area contributed by atoms with Gasteiger partial charge in [-0.1, -0.05) is 32.9 Å². The first kappa shape index (κ1) is 21.8. The maximum atomic E-state index is 11.2. The molecule has 0 aromatic heterocycles. The number of methoxy groups -OCH3 is 1. The number of benzene rings is 1. The summed E-state index contributed by atoms with van der Waals surface area (Å²) in [4.78, 5) is 11.2. The van der Waals surface area contributed by atoms with Crippen molar-refractivity contribution in [3.8, 4) is 5.75 Å². The number of hydrogen-bond donors (Lipinski definition) is 0. The zero-order chi connectivity index (χ0) is 18.9. The lowest BCUT2D eigenvalue weighted by Gasteiger charge is -2.36. The van der Waals surface area contributed by atoms with Gasteiger partial charge in [-0.25, -0.2) is 0 Å². The Morgan fingerprint density at radius 2 is 1.72 bits per heavy atom. The number of ether oxygens (including phenoxy) is 3. The van der Waals surface area contributed by atoms with Gasteiger partial charge in [-0.15, -0.1) is 0 Å². The molecule has 0 N–H and O–H groups in total. The van der Waals surface area contributed by atoms with E-state index in [2.05, 4.69) is 33.9 Å². The predicted octanol–water partition coefficient (Wildman–Crippen LogP) is 4.02. The van der Waals surface area contributed by atoms with Crippen LogP contribution in [0.3, 0.4) is 0 Å². The smallest absolute Gasteiger partial charge is 0.192 e. The lowest BCUT2D eigenvalue weighted by Crippen LogP contribution is -2.42. The van der Waals surface area contributed by atoms with Crippen molar-refractivity contribution in [1.82, 2.24) is 0 Å². The normalized spacial score (nSPS) is 13.5. The minimum absolute atomic E-state index is 0.128. The summed E-state index contributed by atoms with van der Waals surface area (Å²) in [6, 6.07) is 7.67. The van der Waals surface area contributed by atoms with Crippen LogP contribution in [0.1, 0.15) is 26.3 Å². The van der Waals surface area contributed by atoms with E-state index in [4.69, 9.17) is 18.6 Å². The molecule has 0 radical (unpaired) electrons. The second-order valence-corrected chi connectivity index (χ2v) is 12.5. The molecule has 0 aliphatic rings. The van der Waals surface area contributed by atoms with E-state index in [1.54, 1.807) is 7.11 Å². The Balaban J connectivity index is 2.25. The van der Waals surface area contributed by atoms with Crippen LogP contribution < -0.4 is 4.74 Å². The SMILES string of the molecule is COc1ccc(COCOC[C@@H](C=O)CO[Si](C)(C)C(C)(C)C)cc1. The molecule has 5 nitrogen and oxygen atoms in total. The Morgan fingerprint density at radius 1 is 1.08 bits per heavy atom. The number of rotatable bonds is 11. The second kappa shape index (κ2) is 10.1. The second-order valence-electron chi connectivity index (χ2n) is 7.65. The molecule has 1 rings (SSSR count). The first-order valence-corrected chi connectivity index (χ1v) is 11.5. The Bertz CT molecular complexity index is 508. The molecule has 1 aromatic rings. The highest BCUT2D eigenvalue weighted by Gasteiger charge is 2.37. The van der Waals surface area contributed by atoms with Crippen LogP contribution in [0.5, 0.6) is 5.75 Å². The first-order valence-electron chi connectivity index (χ1n) is 8.57. The van der Waals surface area contributed by atoms with Crippen molar-refractivity contribution < 1.29 is 23.4 Å². The van der Waals surface area contributed by atoms with E-state index in [0.29, 0.717) is 19.8 Å². The summed E-state index contributed by atoms with van der Waals surface area (Å²) in [5, 5.41) is 0.128. The predicted molar refractivity (Wildman–Crippen MR) is 101 cm³/mol. The van der Waals surface area contributed by atoms with Crippen LogP contribution in [0, 0.1) is 5.92 Å². The van der Waals surface area contributed by atoms with Crippen molar-refractivity contribution >= 4 is 14.6 Å². The van der Waals surface area contributed by atoms with Crippen molar-refractivity contribution in [2.75, 3.05) is 27.1 Å². The Morgan fingerprint density at radius 3 is 2.24 bits per heavy atom. The van der Waals surface area contributed by atoms with Crippen LogP contribution >= 0.6 is 0 Å². The molecular formula is C19H32O5Si. The summed E-state index contributed by atoms with van der Waals surface area (Å²) in [6.45, 7) is 12.2. The van der Waals surface area contributed by atoms with Crippen molar-refractivity contribution in [2.45, 2.75) is 45.5 Å². The van der Waals surface area contributed by atoms with Crippen molar-refractivity contribution in [3.05, 3.63) is 29.8 Å². The van der Waals surface area contributed by atoms with Gasteiger partial charge >= 0.3 is 0 Å². The maximum Gasteiger partial charge on any atom is 0.192 e. The fraction of sp³-hybridized carbons (Fsp3) is 0.632. The zero-order valence-electron chi connectivity index (χ0n) is 16.3. The van der Waals surface area contributed by atoms with Gasteiger partial charge in [-0.3, -0.25) is 0 Å². The topological polar surface area (TPSA) is 54.0 Å². The van der Waals surface area contributed by atoms with Crippen LogP contribution in [0.4, 0.5) is 0 Å². The van der Waals surface area contributed by atoms with E-state index in [9.17, 15) is 4.79 Å². The van der Waals surface area contributed by atoms with Crippen molar-refractivity contribution in [1.29, 1.82) is 0 Å². The van der Waals surface area contributed by atoms with Gasteiger partial charge in [-0.05, 0) is 35.8 Å². The van der Waals surface area contributed by atoms with Gasteiger partial charge < -0.3 is 23.4 Å². The molecular weight excluding hydrogens is 336 g/mol. The molecule has 1 aromatic carbocycles. The van der Waals surface area contributed by atoms with Gasteiger partial charge in [0.2, 0.25) is 0 Å². The van der Waals surface area contributed by atoms with Crippen LogP contribution in [0.2, 0.25) is 18.1 Å². The molecule has 6 heteroatoms. The fourth-order valence-corrected chi connectivity index (χ4v) is 2.86. The van der Waals surface area contributed by atoms with Gasteiger partial charge in [0.15, 0.2) is 8.32 Å². The Labute approximate surface area is 152 Å². The lowest BCUT2D eigenvalue weighted by molar-refractivity contribution is -0.118. The molecule has 0 aliphatic carbocycles. The van der Waals surface area contributed by atoms with E-state index >= 15 is 0 Å². The van der Waals surface area contributed by atoms with Gasteiger partial charge in [0.05, 0.1) is 26.2 Å². The van der Waals surface area contributed by atoms with E-state index < -0.39 is 8.32 Å². The average Bonchev–Trinajstić information content (AvgIpc) is 2.56. The summed E-state index contributed by atoms with van der Waals surface area (Å²) >= 11 is 0. The van der Waals surface area contributed by atoms with Gasteiger partial charge in [0.1, 0.15) is 18.8 Å². The number of carbonyl (C=O) groups is 1. The monoisotopic (exact) mass is 368 g/mol. The summed E-state index contributed by atoms with van der Waals surface area (Å²) in [5.74, 6) is 0.550. The summed E-state index contributed by atoms with van der Waals surface area (Å²) < 4.78 is 22.1. The Hall–Kier alpha value is -1.21. The fourth-order valence-electron chi connectivity index (χ4n) is 1.80. The highest BCUT2D eigenvalue weighted by molar-refractivity contribution is 6.74. The van der Waals surface area contributed by atoms with E-state index in [-0.39, 0.29) is 17.7 Å². The van der Waals surface area contributed by atoms with E-state index in [0.717, 1.165) is 17.6 Å².